The summed E-state index contributed by atoms with van der Waals surface area (Å²) in [5, 5.41) is 9.08. The summed E-state index contributed by atoms with van der Waals surface area (Å²) in [6, 6.07) is 9.52. The third kappa shape index (κ3) is 2.60. The molecule has 2 aromatic rings. The van der Waals surface area contributed by atoms with Crippen molar-refractivity contribution in [2.75, 3.05) is 7.11 Å². The molecule has 0 saturated carbocycles. The third-order valence-electron chi connectivity index (χ3n) is 2.41. The summed E-state index contributed by atoms with van der Waals surface area (Å²) in [5.41, 5.74) is 2.58. The Hall–Kier alpha value is -1.94. The van der Waals surface area contributed by atoms with Gasteiger partial charge in [-0.3, -0.25) is 0 Å². The standard InChI is InChI=1S/C13H14N2O2/c1-9-6-12(15-13(8-16)14-9)10-4-3-5-11(7-10)17-2/h3-7,16H,8H2,1-2H3. The summed E-state index contributed by atoms with van der Waals surface area (Å²) in [4.78, 5) is 8.41. The molecule has 1 aromatic heterocycles. The van der Waals surface area contributed by atoms with Gasteiger partial charge in [-0.1, -0.05) is 12.1 Å². The number of rotatable bonds is 3. The molecule has 17 heavy (non-hydrogen) atoms. The van der Waals surface area contributed by atoms with Crippen LogP contribution in [0.2, 0.25) is 0 Å². The Labute approximate surface area is 99.9 Å². The van der Waals surface area contributed by atoms with Crippen molar-refractivity contribution in [3.63, 3.8) is 0 Å². The zero-order valence-corrected chi connectivity index (χ0v) is 9.84. The average Bonchev–Trinajstić information content (AvgIpc) is 2.38. The lowest BCUT2D eigenvalue weighted by Crippen LogP contribution is -1.98. The highest BCUT2D eigenvalue weighted by molar-refractivity contribution is 5.61. The van der Waals surface area contributed by atoms with E-state index in [1.54, 1.807) is 7.11 Å². The number of aromatic nitrogens is 2. The summed E-state index contributed by atoms with van der Waals surface area (Å²) in [5.74, 6) is 1.21. The van der Waals surface area contributed by atoms with Crippen molar-refractivity contribution in [2.45, 2.75) is 13.5 Å². The lowest BCUT2D eigenvalue weighted by Gasteiger charge is -2.06. The molecule has 2 rings (SSSR count). The van der Waals surface area contributed by atoms with Gasteiger partial charge in [-0.05, 0) is 25.1 Å². The minimum Gasteiger partial charge on any atom is -0.497 e. The predicted octanol–water partition coefficient (Wildman–Crippen LogP) is 1.95. The Morgan fingerprint density at radius 1 is 1.24 bits per heavy atom. The van der Waals surface area contributed by atoms with E-state index in [-0.39, 0.29) is 6.61 Å². The van der Waals surface area contributed by atoms with Crippen LogP contribution in [-0.2, 0) is 6.61 Å². The van der Waals surface area contributed by atoms with Gasteiger partial charge in [0.25, 0.3) is 0 Å². The zero-order valence-electron chi connectivity index (χ0n) is 9.84. The van der Waals surface area contributed by atoms with Crippen LogP contribution in [0, 0.1) is 6.92 Å². The number of hydrogen-bond donors (Lipinski definition) is 1. The number of aryl methyl sites for hydroxylation is 1. The van der Waals surface area contributed by atoms with Crippen LogP contribution in [0.1, 0.15) is 11.5 Å². The minimum absolute atomic E-state index is 0.154. The van der Waals surface area contributed by atoms with Gasteiger partial charge in [-0.15, -0.1) is 0 Å². The molecule has 1 heterocycles. The molecule has 4 heteroatoms. The van der Waals surface area contributed by atoms with Gasteiger partial charge in [0.05, 0.1) is 12.8 Å². The molecular formula is C13H14N2O2. The van der Waals surface area contributed by atoms with Crippen LogP contribution in [0.5, 0.6) is 5.75 Å². The van der Waals surface area contributed by atoms with Gasteiger partial charge in [0.15, 0.2) is 5.82 Å². The third-order valence-corrected chi connectivity index (χ3v) is 2.41. The maximum atomic E-state index is 9.08. The monoisotopic (exact) mass is 230 g/mol. The van der Waals surface area contributed by atoms with E-state index in [1.165, 1.54) is 0 Å². The van der Waals surface area contributed by atoms with Crippen LogP contribution in [-0.4, -0.2) is 22.2 Å². The molecular weight excluding hydrogens is 216 g/mol. The van der Waals surface area contributed by atoms with Crippen molar-refractivity contribution in [1.82, 2.24) is 9.97 Å². The minimum atomic E-state index is -0.154. The summed E-state index contributed by atoms with van der Waals surface area (Å²) in [6.07, 6.45) is 0. The molecule has 0 saturated heterocycles. The van der Waals surface area contributed by atoms with E-state index in [0.717, 1.165) is 22.7 Å². The molecule has 88 valence electrons. The van der Waals surface area contributed by atoms with Gasteiger partial charge >= 0.3 is 0 Å². The van der Waals surface area contributed by atoms with Gasteiger partial charge in [0, 0.05) is 11.3 Å². The highest BCUT2D eigenvalue weighted by Gasteiger charge is 2.05. The predicted molar refractivity (Wildman–Crippen MR) is 64.7 cm³/mol. The van der Waals surface area contributed by atoms with Crippen LogP contribution in [0.25, 0.3) is 11.3 Å². The molecule has 0 unspecified atom stereocenters. The second kappa shape index (κ2) is 4.93. The fourth-order valence-corrected chi connectivity index (χ4v) is 1.63. The lowest BCUT2D eigenvalue weighted by molar-refractivity contribution is 0.271. The number of ether oxygens (including phenoxy) is 1. The molecule has 1 aromatic carbocycles. The second-order valence-corrected chi connectivity index (χ2v) is 3.70. The van der Waals surface area contributed by atoms with Crippen molar-refractivity contribution >= 4 is 0 Å². The maximum Gasteiger partial charge on any atom is 0.154 e. The van der Waals surface area contributed by atoms with E-state index < -0.39 is 0 Å². The van der Waals surface area contributed by atoms with Crippen LogP contribution in [0.4, 0.5) is 0 Å². The Balaban J connectivity index is 2.47. The molecule has 0 spiro atoms. The molecule has 0 bridgehead atoms. The van der Waals surface area contributed by atoms with Crippen LogP contribution in [0.15, 0.2) is 30.3 Å². The summed E-state index contributed by atoms with van der Waals surface area (Å²) < 4.78 is 5.17. The van der Waals surface area contributed by atoms with E-state index in [9.17, 15) is 0 Å². The smallest absolute Gasteiger partial charge is 0.154 e. The van der Waals surface area contributed by atoms with Crippen molar-refractivity contribution in [1.29, 1.82) is 0 Å². The Bertz CT molecular complexity index is 527. The van der Waals surface area contributed by atoms with Gasteiger partial charge < -0.3 is 9.84 Å². The highest BCUT2D eigenvalue weighted by atomic mass is 16.5. The number of nitrogens with zero attached hydrogens (tertiary/aromatic N) is 2. The topological polar surface area (TPSA) is 55.2 Å². The van der Waals surface area contributed by atoms with Gasteiger partial charge in [-0.25, -0.2) is 9.97 Å². The molecule has 0 aliphatic carbocycles. The largest absolute Gasteiger partial charge is 0.497 e. The normalized spacial score (nSPS) is 10.3. The lowest BCUT2D eigenvalue weighted by atomic mass is 10.1. The van der Waals surface area contributed by atoms with Crippen molar-refractivity contribution in [3.8, 4) is 17.0 Å². The zero-order chi connectivity index (χ0) is 12.3. The van der Waals surface area contributed by atoms with Gasteiger partial charge in [0.1, 0.15) is 12.4 Å². The number of hydrogen-bond acceptors (Lipinski definition) is 4. The van der Waals surface area contributed by atoms with Gasteiger partial charge in [0.2, 0.25) is 0 Å². The Morgan fingerprint density at radius 3 is 2.76 bits per heavy atom. The SMILES string of the molecule is COc1cccc(-c2cc(C)nc(CO)n2)c1. The molecule has 0 amide bonds. The van der Waals surface area contributed by atoms with Crippen LogP contribution < -0.4 is 4.74 Å². The van der Waals surface area contributed by atoms with Crippen molar-refractivity contribution in [3.05, 3.63) is 41.9 Å². The van der Waals surface area contributed by atoms with Crippen molar-refractivity contribution in [2.24, 2.45) is 0 Å². The molecule has 0 fully saturated rings. The van der Waals surface area contributed by atoms with E-state index in [2.05, 4.69) is 9.97 Å². The maximum absolute atomic E-state index is 9.08. The van der Waals surface area contributed by atoms with Gasteiger partial charge in [-0.2, -0.15) is 0 Å². The second-order valence-electron chi connectivity index (χ2n) is 3.70. The first kappa shape index (κ1) is 11.5. The fourth-order valence-electron chi connectivity index (χ4n) is 1.63. The molecule has 0 atom stereocenters. The number of benzene rings is 1. The highest BCUT2D eigenvalue weighted by Crippen LogP contribution is 2.22. The number of methoxy groups -OCH3 is 1. The van der Waals surface area contributed by atoms with E-state index >= 15 is 0 Å². The summed E-state index contributed by atoms with van der Waals surface area (Å²) in [6.45, 7) is 1.73. The Morgan fingerprint density at radius 2 is 2.06 bits per heavy atom. The molecule has 0 radical (unpaired) electrons. The Kier molecular flexibility index (Phi) is 3.35. The first-order valence-corrected chi connectivity index (χ1v) is 5.33. The van der Waals surface area contributed by atoms with Crippen LogP contribution >= 0.6 is 0 Å². The first-order valence-electron chi connectivity index (χ1n) is 5.33. The molecule has 0 aliphatic rings. The average molecular weight is 230 g/mol. The first-order chi connectivity index (χ1) is 8.22. The number of aliphatic hydroxyl groups excluding tert-OH is 1. The molecule has 0 aliphatic heterocycles. The summed E-state index contributed by atoms with van der Waals surface area (Å²) >= 11 is 0. The van der Waals surface area contributed by atoms with Crippen LogP contribution in [0.3, 0.4) is 0 Å². The van der Waals surface area contributed by atoms with E-state index in [4.69, 9.17) is 9.84 Å². The summed E-state index contributed by atoms with van der Waals surface area (Å²) in [7, 11) is 1.63. The molecule has 4 nitrogen and oxygen atoms in total. The molecule has 1 N–H and O–H groups in total. The number of aliphatic hydroxyl groups is 1. The van der Waals surface area contributed by atoms with E-state index in [1.807, 2.05) is 37.3 Å². The van der Waals surface area contributed by atoms with Crippen molar-refractivity contribution < 1.29 is 9.84 Å². The fraction of sp³-hybridized carbons (Fsp3) is 0.231. The van der Waals surface area contributed by atoms with E-state index in [0.29, 0.717) is 5.82 Å². The quantitative estimate of drug-likeness (QED) is 0.875.